The highest BCUT2D eigenvalue weighted by molar-refractivity contribution is 5.92. The SMILES string of the molecule is CC(C)N1CCC12CCN(C(=O)c1ccc[nH]1)CC2. The van der Waals surface area contributed by atoms with Crippen LogP contribution in [0.25, 0.3) is 0 Å². The number of aromatic nitrogens is 1. The molecule has 4 heteroatoms. The van der Waals surface area contributed by atoms with Crippen molar-refractivity contribution >= 4 is 5.91 Å². The summed E-state index contributed by atoms with van der Waals surface area (Å²) in [6.45, 7) is 7.55. The third-order valence-electron chi connectivity index (χ3n) is 4.86. The molecule has 0 bridgehead atoms. The zero-order valence-corrected chi connectivity index (χ0v) is 11.9. The standard InChI is InChI=1S/C15H23N3O/c1-12(2)18-11-7-15(18)5-9-17(10-6-15)14(19)13-4-3-8-16-13/h3-4,8,12,16H,5-7,9-11H2,1-2H3. The van der Waals surface area contributed by atoms with E-state index in [1.165, 1.54) is 13.0 Å². The molecule has 19 heavy (non-hydrogen) atoms. The maximum Gasteiger partial charge on any atom is 0.270 e. The second-order valence-corrected chi connectivity index (χ2v) is 6.14. The van der Waals surface area contributed by atoms with E-state index in [4.69, 9.17) is 0 Å². The topological polar surface area (TPSA) is 39.3 Å². The maximum atomic E-state index is 12.3. The van der Waals surface area contributed by atoms with Crippen molar-refractivity contribution < 1.29 is 4.79 Å². The molecule has 0 radical (unpaired) electrons. The van der Waals surface area contributed by atoms with Crippen LogP contribution in [-0.2, 0) is 0 Å². The molecule has 0 atom stereocenters. The fraction of sp³-hybridized carbons (Fsp3) is 0.667. The number of likely N-dealkylation sites (tertiary alicyclic amines) is 2. The fourth-order valence-electron chi connectivity index (χ4n) is 3.66. The van der Waals surface area contributed by atoms with Crippen LogP contribution in [0.2, 0.25) is 0 Å². The molecule has 1 amide bonds. The van der Waals surface area contributed by atoms with Crippen LogP contribution in [-0.4, -0.2) is 51.9 Å². The van der Waals surface area contributed by atoms with Crippen molar-refractivity contribution in [1.82, 2.24) is 14.8 Å². The van der Waals surface area contributed by atoms with E-state index in [2.05, 4.69) is 23.7 Å². The van der Waals surface area contributed by atoms with Gasteiger partial charge in [0.15, 0.2) is 0 Å². The van der Waals surface area contributed by atoms with E-state index in [1.807, 2.05) is 23.2 Å². The molecule has 0 aromatic carbocycles. The van der Waals surface area contributed by atoms with E-state index < -0.39 is 0 Å². The minimum Gasteiger partial charge on any atom is -0.357 e. The minimum atomic E-state index is 0.148. The molecule has 0 saturated carbocycles. The molecule has 0 aliphatic carbocycles. The average molecular weight is 261 g/mol. The Hall–Kier alpha value is -1.29. The molecule has 1 N–H and O–H groups in total. The number of hydrogen-bond acceptors (Lipinski definition) is 2. The molecule has 3 rings (SSSR count). The van der Waals surface area contributed by atoms with Gasteiger partial charge in [-0.25, -0.2) is 0 Å². The van der Waals surface area contributed by atoms with Gasteiger partial charge in [-0.2, -0.15) is 0 Å². The molecule has 2 saturated heterocycles. The third-order valence-corrected chi connectivity index (χ3v) is 4.86. The van der Waals surface area contributed by atoms with Crippen LogP contribution in [0.5, 0.6) is 0 Å². The predicted octanol–water partition coefficient (Wildman–Crippen LogP) is 2.10. The van der Waals surface area contributed by atoms with Crippen molar-refractivity contribution in [2.24, 2.45) is 0 Å². The zero-order valence-electron chi connectivity index (χ0n) is 11.9. The molecule has 0 unspecified atom stereocenters. The Kier molecular flexibility index (Phi) is 3.13. The largest absolute Gasteiger partial charge is 0.357 e. The van der Waals surface area contributed by atoms with E-state index in [9.17, 15) is 4.79 Å². The van der Waals surface area contributed by atoms with E-state index in [1.54, 1.807) is 0 Å². The third kappa shape index (κ3) is 2.08. The Bertz CT molecular complexity index is 444. The van der Waals surface area contributed by atoms with Gasteiger partial charge < -0.3 is 9.88 Å². The van der Waals surface area contributed by atoms with Crippen LogP contribution in [0.1, 0.15) is 43.6 Å². The lowest BCUT2D eigenvalue weighted by atomic mass is 9.75. The van der Waals surface area contributed by atoms with E-state index in [-0.39, 0.29) is 5.91 Å². The summed E-state index contributed by atoms with van der Waals surface area (Å²) >= 11 is 0. The molecule has 1 aromatic rings. The first-order valence-electron chi connectivity index (χ1n) is 7.32. The highest BCUT2D eigenvalue weighted by Gasteiger charge is 2.47. The quantitative estimate of drug-likeness (QED) is 0.885. The second-order valence-electron chi connectivity index (χ2n) is 6.14. The highest BCUT2D eigenvalue weighted by Crippen LogP contribution is 2.41. The number of amides is 1. The van der Waals surface area contributed by atoms with Crippen molar-refractivity contribution in [3.05, 3.63) is 24.0 Å². The van der Waals surface area contributed by atoms with Gasteiger partial charge in [-0.3, -0.25) is 9.69 Å². The van der Waals surface area contributed by atoms with Gasteiger partial charge in [-0.1, -0.05) is 0 Å². The lowest BCUT2D eigenvalue weighted by Gasteiger charge is -2.58. The zero-order chi connectivity index (χ0) is 13.5. The molecular formula is C15H23N3O. The normalized spacial score (nSPS) is 22.8. The highest BCUT2D eigenvalue weighted by atomic mass is 16.2. The van der Waals surface area contributed by atoms with Crippen molar-refractivity contribution in [1.29, 1.82) is 0 Å². The number of nitrogens with zero attached hydrogens (tertiary/aromatic N) is 2. The number of hydrogen-bond donors (Lipinski definition) is 1. The van der Waals surface area contributed by atoms with Crippen LogP contribution < -0.4 is 0 Å². The minimum absolute atomic E-state index is 0.148. The molecule has 4 nitrogen and oxygen atoms in total. The van der Waals surface area contributed by atoms with Gasteiger partial charge in [-0.05, 0) is 45.2 Å². The summed E-state index contributed by atoms with van der Waals surface area (Å²) in [5.41, 5.74) is 1.10. The Morgan fingerprint density at radius 2 is 1.95 bits per heavy atom. The number of carbonyl (C=O) groups is 1. The Balaban J connectivity index is 1.62. The molecule has 2 fully saturated rings. The molecule has 104 valence electrons. The van der Waals surface area contributed by atoms with Crippen LogP contribution >= 0.6 is 0 Å². The lowest BCUT2D eigenvalue weighted by Crippen LogP contribution is -2.66. The van der Waals surface area contributed by atoms with Crippen molar-refractivity contribution in [2.45, 2.75) is 44.7 Å². The van der Waals surface area contributed by atoms with Crippen LogP contribution in [0, 0.1) is 0 Å². The van der Waals surface area contributed by atoms with Crippen molar-refractivity contribution in [3.8, 4) is 0 Å². The van der Waals surface area contributed by atoms with E-state index >= 15 is 0 Å². The number of H-pyrrole nitrogens is 1. The molecule has 3 heterocycles. The van der Waals surface area contributed by atoms with Crippen LogP contribution in [0.3, 0.4) is 0 Å². The Labute approximate surface area is 114 Å². The lowest BCUT2D eigenvalue weighted by molar-refractivity contribution is -0.0738. The Morgan fingerprint density at radius 3 is 2.42 bits per heavy atom. The first kappa shape index (κ1) is 12.7. The Morgan fingerprint density at radius 1 is 1.26 bits per heavy atom. The summed E-state index contributed by atoms with van der Waals surface area (Å²) in [6, 6.07) is 4.36. The molecular weight excluding hydrogens is 238 g/mol. The van der Waals surface area contributed by atoms with Crippen molar-refractivity contribution in [2.75, 3.05) is 19.6 Å². The number of carbonyl (C=O) groups excluding carboxylic acids is 1. The van der Waals surface area contributed by atoms with Gasteiger partial charge >= 0.3 is 0 Å². The number of nitrogens with one attached hydrogen (secondary N) is 1. The van der Waals surface area contributed by atoms with Crippen LogP contribution in [0.15, 0.2) is 18.3 Å². The van der Waals surface area contributed by atoms with E-state index in [0.717, 1.165) is 25.9 Å². The number of rotatable bonds is 2. The summed E-state index contributed by atoms with van der Waals surface area (Å²) in [5, 5.41) is 0. The summed E-state index contributed by atoms with van der Waals surface area (Å²) in [6.07, 6.45) is 5.36. The maximum absolute atomic E-state index is 12.3. The van der Waals surface area contributed by atoms with Gasteiger partial charge in [-0.15, -0.1) is 0 Å². The molecule has 2 aliphatic heterocycles. The first-order valence-corrected chi connectivity index (χ1v) is 7.32. The monoisotopic (exact) mass is 261 g/mol. The molecule has 1 spiro atoms. The van der Waals surface area contributed by atoms with Gasteiger partial charge in [0.1, 0.15) is 5.69 Å². The van der Waals surface area contributed by atoms with Crippen LogP contribution in [0.4, 0.5) is 0 Å². The van der Waals surface area contributed by atoms with E-state index in [0.29, 0.717) is 17.3 Å². The predicted molar refractivity (Wildman–Crippen MR) is 75.1 cm³/mol. The van der Waals surface area contributed by atoms with Gasteiger partial charge in [0.25, 0.3) is 5.91 Å². The summed E-state index contributed by atoms with van der Waals surface area (Å²) in [4.78, 5) is 19.9. The number of aromatic amines is 1. The second kappa shape index (κ2) is 4.67. The van der Waals surface area contributed by atoms with Gasteiger partial charge in [0.2, 0.25) is 0 Å². The molecule has 1 aromatic heterocycles. The smallest absolute Gasteiger partial charge is 0.270 e. The number of piperidine rings is 1. The summed E-state index contributed by atoms with van der Waals surface area (Å²) in [5.74, 6) is 0.148. The first-order chi connectivity index (χ1) is 9.12. The average Bonchev–Trinajstić information content (AvgIpc) is 2.90. The van der Waals surface area contributed by atoms with Gasteiger partial charge in [0, 0.05) is 37.4 Å². The molecule has 2 aliphatic rings. The van der Waals surface area contributed by atoms with Crippen molar-refractivity contribution in [3.63, 3.8) is 0 Å². The van der Waals surface area contributed by atoms with Gasteiger partial charge in [0.05, 0.1) is 0 Å². The fourth-order valence-corrected chi connectivity index (χ4v) is 3.66. The summed E-state index contributed by atoms with van der Waals surface area (Å²) in [7, 11) is 0. The summed E-state index contributed by atoms with van der Waals surface area (Å²) < 4.78 is 0.